The molecule has 0 atom stereocenters. The van der Waals surface area contributed by atoms with Crippen LogP contribution in [0.25, 0.3) is 0 Å². The van der Waals surface area contributed by atoms with Crippen LogP contribution in [0, 0.1) is 0 Å². The van der Waals surface area contributed by atoms with Gasteiger partial charge in [-0.2, -0.15) is 0 Å². The Morgan fingerprint density at radius 3 is 2.50 bits per heavy atom. The van der Waals surface area contributed by atoms with Gasteiger partial charge in [-0.25, -0.2) is 0 Å². The predicted octanol–water partition coefficient (Wildman–Crippen LogP) is 3.02. The molecule has 1 rings (SSSR count). The molecule has 66 valence electrons. The number of ketones is 1. The maximum Gasteiger partial charge on any atom is 0.159 e. The fourth-order valence-corrected chi connectivity index (χ4v) is 1.44. The molecule has 0 amide bonds. The molecule has 0 aromatic heterocycles. The molecule has 0 N–H and O–H groups in total. The second-order valence-electron chi connectivity index (χ2n) is 3.67. The van der Waals surface area contributed by atoms with Crippen LogP contribution in [0.1, 0.15) is 40.0 Å². The first-order valence-corrected chi connectivity index (χ1v) is 4.46. The van der Waals surface area contributed by atoms with Crippen molar-refractivity contribution in [2.45, 2.75) is 40.0 Å². The minimum Gasteiger partial charge on any atom is -0.295 e. The fraction of sp³-hybridized carbons (Fsp3) is 0.545. The molecule has 0 unspecified atom stereocenters. The summed E-state index contributed by atoms with van der Waals surface area (Å²) in [4.78, 5) is 11.3. The topological polar surface area (TPSA) is 17.1 Å². The number of carbonyl (C=O) groups is 1. The van der Waals surface area contributed by atoms with Crippen molar-refractivity contribution in [2.24, 2.45) is 0 Å². The van der Waals surface area contributed by atoms with Gasteiger partial charge in [-0.05, 0) is 39.2 Å². The van der Waals surface area contributed by atoms with E-state index in [1.54, 1.807) is 0 Å². The molecule has 0 heterocycles. The smallest absolute Gasteiger partial charge is 0.159 e. The second kappa shape index (κ2) is 3.70. The normalized spacial score (nSPS) is 17.1. The van der Waals surface area contributed by atoms with Gasteiger partial charge in [0.15, 0.2) is 5.78 Å². The molecular weight excluding hydrogens is 148 g/mol. The molecule has 0 aromatic rings. The van der Waals surface area contributed by atoms with Crippen molar-refractivity contribution in [2.75, 3.05) is 0 Å². The molecular formula is C11H16O. The highest BCUT2D eigenvalue weighted by atomic mass is 16.1. The summed E-state index contributed by atoms with van der Waals surface area (Å²) in [6.45, 7) is 6.20. The largest absolute Gasteiger partial charge is 0.295 e. The van der Waals surface area contributed by atoms with Crippen LogP contribution in [0.5, 0.6) is 0 Å². The monoisotopic (exact) mass is 164 g/mol. The Kier molecular flexibility index (Phi) is 2.85. The summed E-state index contributed by atoms with van der Waals surface area (Å²) in [5.74, 6) is 0.352. The molecule has 0 aliphatic heterocycles. The summed E-state index contributed by atoms with van der Waals surface area (Å²) in [6, 6.07) is 0. The van der Waals surface area contributed by atoms with E-state index in [0.29, 0.717) is 5.78 Å². The summed E-state index contributed by atoms with van der Waals surface area (Å²) < 4.78 is 0. The van der Waals surface area contributed by atoms with Crippen LogP contribution in [-0.4, -0.2) is 5.78 Å². The zero-order valence-electron chi connectivity index (χ0n) is 8.11. The lowest BCUT2D eigenvalue weighted by Crippen LogP contribution is -1.94. The van der Waals surface area contributed by atoms with E-state index in [-0.39, 0.29) is 0 Å². The maximum atomic E-state index is 11.3. The van der Waals surface area contributed by atoms with E-state index in [0.717, 1.165) is 24.8 Å². The van der Waals surface area contributed by atoms with Gasteiger partial charge in [-0.1, -0.05) is 17.2 Å². The fourth-order valence-electron chi connectivity index (χ4n) is 1.44. The Labute approximate surface area is 74.2 Å². The Hall–Kier alpha value is -0.850. The van der Waals surface area contributed by atoms with Crippen LogP contribution >= 0.6 is 0 Å². The van der Waals surface area contributed by atoms with Gasteiger partial charge in [0.25, 0.3) is 0 Å². The number of hydrogen-bond donors (Lipinski definition) is 0. The number of allylic oxidation sites excluding steroid dienone is 4. The summed E-state index contributed by atoms with van der Waals surface area (Å²) in [5.41, 5.74) is 3.63. The van der Waals surface area contributed by atoms with Gasteiger partial charge < -0.3 is 0 Å². The van der Waals surface area contributed by atoms with Gasteiger partial charge in [0.1, 0.15) is 0 Å². The number of hydrogen-bond acceptors (Lipinski definition) is 1. The number of rotatable bonds is 2. The van der Waals surface area contributed by atoms with Crippen LogP contribution < -0.4 is 0 Å². The lowest BCUT2D eigenvalue weighted by atomic mass is 10.1. The van der Waals surface area contributed by atoms with E-state index >= 15 is 0 Å². The molecule has 0 bridgehead atoms. The average molecular weight is 164 g/mol. The molecule has 0 radical (unpaired) electrons. The highest BCUT2D eigenvalue weighted by molar-refractivity contribution is 5.98. The zero-order chi connectivity index (χ0) is 9.14. The predicted molar refractivity (Wildman–Crippen MR) is 51.0 cm³/mol. The van der Waals surface area contributed by atoms with Crippen LogP contribution in [0.15, 0.2) is 22.8 Å². The van der Waals surface area contributed by atoms with Crippen LogP contribution in [-0.2, 0) is 4.79 Å². The van der Waals surface area contributed by atoms with Crippen molar-refractivity contribution >= 4 is 5.78 Å². The molecule has 0 aromatic carbocycles. The van der Waals surface area contributed by atoms with Crippen LogP contribution in [0.2, 0.25) is 0 Å². The maximum absolute atomic E-state index is 11.3. The van der Waals surface area contributed by atoms with E-state index < -0.39 is 0 Å². The third-order valence-corrected chi connectivity index (χ3v) is 2.29. The van der Waals surface area contributed by atoms with E-state index in [4.69, 9.17) is 0 Å². The summed E-state index contributed by atoms with van der Waals surface area (Å²) in [5, 5.41) is 0. The zero-order valence-corrected chi connectivity index (χ0v) is 8.11. The van der Waals surface area contributed by atoms with Gasteiger partial charge in [-0.15, -0.1) is 0 Å². The SMILES string of the molecule is CC(C)=CCC1=C(C)CCC1=O. The minimum atomic E-state index is 0.352. The van der Waals surface area contributed by atoms with Gasteiger partial charge in [-0.3, -0.25) is 4.79 Å². The number of carbonyl (C=O) groups excluding carboxylic acids is 1. The summed E-state index contributed by atoms with van der Waals surface area (Å²) in [6.07, 6.45) is 4.68. The first kappa shape index (κ1) is 9.24. The molecule has 1 aliphatic carbocycles. The standard InChI is InChI=1S/C11H16O/c1-8(2)4-6-10-9(3)5-7-11(10)12/h4H,5-7H2,1-3H3. The second-order valence-corrected chi connectivity index (χ2v) is 3.67. The van der Waals surface area contributed by atoms with Crippen molar-refractivity contribution in [3.8, 4) is 0 Å². The third-order valence-electron chi connectivity index (χ3n) is 2.29. The Bertz CT molecular complexity index is 252. The lowest BCUT2D eigenvalue weighted by Gasteiger charge is -1.97. The van der Waals surface area contributed by atoms with Crippen LogP contribution in [0.3, 0.4) is 0 Å². The summed E-state index contributed by atoms with van der Waals surface area (Å²) in [7, 11) is 0. The summed E-state index contributed by atoms with van der Waals surface area (Å²) >= 11 is 0. The van der Waals surface area contributed by atoms with E-state index in [9.17, 15) is 4.79 Å². The highest BCUT2D eigenvalue weighted by Gasteiger charge is 2.18. The van der Waals surface area contributed by atoms with Gasteiger partial charge >= 0.3 is 0 Å². The van der Waals surface area contributed by atoms with Gasteiger partial charge in [0, 0.05) is 6.42 Å². The number of Topliss-reactive ketones (excluding diaryl/α,β-unsaturated/α-hetero) is 1. The molecule has 12 heavy (non-hydrogen) atoms. The average Bonchev–Trinajstić information content (AvgIpc) is 2.28. The van der Waals surface area contributed by atoms with Gasteiger partial charge in [0.05, 0.1) is 0 Å². The van der Waals surface area contributed by atoms with Crippen molar-refractivity contribution in [1.82, 2.24) is 0 Å². The quantitative estimate of drug-likeness (QED) is 0.573. The van der Waals surface area contributed by atoms with E-state index in [1.807, 2.05) is 0 Å². The molecule has 0 fully saturated rings. The van der Waals surface area contributed by atoms with E-state index in [2.05, 4.69) is 26.8 Å². The van der Waals surface area contributed by atoms with Gasteiger partial charge in [0.2, 0.25) is 0 Å². The van der Waals surface area contributed by atoms with Crippen molar-refractivity contribution in [3.05, 3.63) is 22.8 Å². The van der Waals surface area contributed by atoms with Crippen molar-refractivity contribution in [1.29, 1.82) is 0 Å². The molecule has 1 aliphatic rings. The Morgan fingerprint density at radius 2 is 2.08 bits per heavy atom. The Morgan fingerprint density at radius 1 is 1.42 bits per heavy atom. The first-order chi connectivity index (χ1) is 5.61. The molecule has 0 saturated heterocycles. The van der Waals surface area contributed by atoms with Crippen molar-refractivity contribution < 1.29 is 4.79 Å². The van der Waals surface area contributed by atoms with Crippen LogP contribution in [0.4, 0.5) is 0 Å². The minimum absolute atomic E-state index is 0.352. The highest BCUT2D eigenvalue weighted by Crippen LogP contribution is 2.25. The van der Waals surface area contributed by atoms with E-state index in [1.165, 1.54) is 11.1 Å². The third kappa shape index (κ3) is 2.07. The lowest BCUT2D eigenvalue weighted by molar-refractivity contribution is -0.114. The van der Waals surface area contributed by atoms with Crippen molar-refractivity contribution in [3.63, 3.8) is 0 Å². The first-order valence-electron chi connectivity index (χ1n) is 4.46. The Balaban J connectivity index is 2.68. The molecule has 1 nitrogen and oxygen atoms in total. The molecule has 0 saturated carbocycles. The molecule has 1 heteroatoms. The molecule has 0 spiro atoms.